The molecule has 0 spiro atoms. The molecule has 0 fully saturated rings. The Hall–Kier alpha value is -0.240. The van der Waals surface area contributed by atoms with Crippen LogP contribution in [0.15, 0.2) is 30.3 Å². The molecule has 1 unspecified atom stereocenters. The third-order valence-electron chi connectivity index (χ3n) is 1.37. The van der Waals surface area contributed by atoms with Crippen LogP contribution in [0, 0.1) is 0 Å². The lowest BCUT2D eigenvalue weighted by Crippen LogP contribution is -2.11. The zero-order valence-electron chi connectivity index (χ0n) is 6.77. The second-order valence-corrected chi connectivity index (χ2v) is 6.81. The van der Waals surface area contributed by atoms with E-state index in [9.17, 15) is 9.46 Å². The summed E-state index contributed by atoms with van der Waals surface area (Å²) < 4.78 is 11.4. The molecule has 0 heterocycles. The lowest BCUT2D eigenvalue weighted by molar-refractivity contribution is -0.164. The minimum absolute atomic E-state index is 0.414. The van der Waals surface area contributed by atoms with E-state index >= 15 is 0 Å². The Bertz CT molecular complexity index is 286. The maximum absolute atomic E-state index is 11.4. The first kappa shape index (κ1) is 9.85. The highest BCUT2D eigenvalue weighted by Crippen LogP contribution is 2.48. The van der Waals surface area contributed by atoms with Crippen molar-refractivity contribution in [3.63, 3.8) is 0 Å². The van der Waals surface area contributed by atoms with Gasteiger partial charge < -0.3 is 9.46 Å². The monoisotopic (exact) mass is 201 g/mol. The molecule has 0 aromatic heterocycles. The molecular formula is C8H10O2PS-. The van der Waals surface area contributed by atoms with Crippen molar-refractivity contribution in [3.05, 3.63) is 30.3 Å². The molecule has 0 amide bonds. The summed E-state index contributed by atoms with van der Waals surface area (Å²) in [4.78, 5) is 11.4. The van der Waals surface area contributed by atoms with Crippen LogP contribution >= 0.6 is 18.0 Å². The van der Waals surface area contributed by atoms with Gasteiger partial charge in [0.2, 0.25) is 0 Å². The number of rotatable bonds is 3. The van der Waals surface area contributed by atoms with Crippen molar-refractivity contribution < 1.29 is 9.46 Å². The molecule has 1 aromatic carbocycles. The SMILES string of the molecule is CCSP(=O)([O-])c1ccccc1. The Morgan fingerprint density at radius 3 is 2.50 bits per heavy atom. The summed E-state index contributed by atoms with van der Waals surface area (Å²) in [6.07, 6.45) is 0. The lowest BCUT2D eigenvalue weighted by atomic mass is 10.4. The van der Waals surface area contributed by atoms with Gasteiger partial charge in [0.1, 0.15) is 0 Å². The van der Waals surface area contributed by atoms with Crippen LogP contribution in [0.2, 0.25) is 0 Å². The van der Waals surface area contributed by atoms with Gasteiger partial charge >= 0.3 is 0 Å². The van der Waals surface area contributed by atoms with Gasteiger partial charge in [0, 0.05) is 5.30 Å². The molecule has 66 valence electrons. The smallest absolute Gasteiger partial charge is 0.0971 e. The van der Waals surface area contributed by atoms with Crippen molar-refractivity contribution >= 4 is 23.3 Å². The van der Waals surface area contributed by atoms with Crippen molar-refractivity contribution in [1.29, 1.82) is 0 Å². The molecular weight excluding hydrogens is 191 g/mol. The number of hydrogen-bond acceptors (Lipinski definition) is 3. The van der Waals surface area contributed by atoms with Gasteiger partial charge in [-0.25, -0.2) is 0 Å². The topological polar surface area (TPSA) is 40.1 Å². The van der Waals surface area contributed by atoms with E-state index in [1.54, 1.807) is 30.3 Å². The van der Waals surface area contributed by atoms with Crippen LogP contribution in [0.5, 0.6) is 0 Å². The molecule has 1 aromatic rings. The Kier molecular flexibility index (Phi) is 3.39. The molecule has 0 aliphatic rings. The summed E-state index contributed by atoms with van der Waals surface area (Å²) >= 11 is 0.987. The number of benzene rings is 1. The lowest BCUT2D eigenvalue weighted by Gasteiger charge is -2.21. The van der Waals surface area contributed by atoms with E-state index < -0.39 is 6.57 Å². The molecule has 0 radical (unpaired) electrons. The summed E-state index contributed by atoms with van der Waals surface area (Å²) in [5.74, 6) is 0.593. The Balaban J connectivity index is 2.90. The van der Waals surface area contributed by atoms with Crippen LogP contribution in [0.1, 0.15) is 6.92 Å². The van der Waals surface area contributed by atoms with Gasteiger partial charge in [-0.1, -0.05) is 37.3 Å². The highest BCUT2D eigenvalue weighted by atomic mass is 32.7. The van der Waals surface area contributed by atoms with E-state index in [1.165, 1.54) is 0 Å². The number of hydrogen-bond donors (Lipinski definition) is 0. The first-order valence-electron chi connectivity index (χ1n) is 3.68. The summed E-state index contributed by atoms with van der Waals surface area (Å²) in [6.45, 7) is -1.55. The van der Waals surface area contributed by atoms with Crippen molar-refractivity contribution in [2.45, 2.75) is 6.92 Å². The molecule has 0 saturated heterocycles. The molecule has 0 saturated carbocycles. The maximum atomic E-state index is 11.4. The zero-order chi connectivity index (χ0) is 9.03. The molecule has 4 heteroatoms. The van der Waals surface area contributed by atoms with Crippen LogP contribution < -0.4 is 10.2 Å². The minimum Gasteiger partial charge on any atom is -0.788 e. The van der Waals surface area contributed by atoms with Gasteiger partial charge in [-0.3, -0.25) is 0 Å². The Morgan fingerprint density at radius 1 is 1.42 bits per heavy atom. The van der Waals surface area contributed by atoms with Gasteiger partial charge in [0.05, 0.1) is 6.57 Å². The van der Waals surface area contributed by atoms with E-state index in [2.05, 4.69) is 0 Å². The van der Waals surface area contributed by atoms with Gasteiger partial charge in [-0.05, 0) is 5.75 Å². The first-order valence-corrected chi connectivity index (χ1v) is 6.89. The normalized spacial score (nSPS) is 15.5. The van der Waals surface area contributed by atoms with E-state index in [0.717, 1.165) is 11.4 Å². The predicted molar refractivity (Wildman–Crippen MR) is 51.8 cm³/mol. The van der Waals surface area contributed by atoms with Gasteiger partial charge in [0.15, 0.2) is 0 Å². The second-order valence-electron chi connectivity index (χ2n) is 2.25. The van der Waals surface area contributed by atoms with Crippen molar-refractivity contribution in [2.24, 2.45) is 0 Å². The van der Waals surface area contributed by atoms with Crippen molar-refractivity contribution in [3.8, 4) is 0 Å². The van der Waals surface area contributed by atoms with E-state index in [1.807, 2.05) is 6.92 Å². The fraction of sp³-hybridized carbons (Fsp3) is 0.250. The van der Waals surface area contributed by atoms with Crippen LogP contribution in [0.4, 0.5) is 0 Å². The van der Waals surface area contributed by atoms with E-state index in [0.29, 0.717) is 11.1 Å². The third kappa shape index (κ3) is 2.37. The highest BCUT2D eigenvalue weighted by Gasteiger charge is 2.08. The molecule has 12 heavy (non-hydrogen) atoms. The minimum atomic E-state index is -3.38. The summed E-state index contributed by atoms with van der Waals surface area (Å²) in [6, 6.07) is 8.51. The summed E-state index contributed by atoms with van der Waals surface area (Å²) in [7, 11) is 0. The van der Waals surface area contributed by atoms with E-state index in [4.69, 9.17) is 0 Å². The fourth-order valence-electron chi connectivity index (χ4n) is 0.855. The third-order valence-corrected chi connectivity index (χ3v) is 5.33. The van der Waals surface area contributed by atoms with Crippen LogP contribution in [-0.4, -0.2) is 5.75 Å². The van der Waals surface area contributed by atoms with Crippen molar-refractivity contribution in [2.75, 3.05) is 5.75 Å². The zero-order valence-corrected chi connectivity index (χ0v) is 8.48. The quantitative estimate of drug-likeness (QED) is 0.697. The molecule has 0 N–H and O–H groups in total. The molecule has 1 atom stereocenters. The maximum Gasteiger partial charge on any atom is 0.0971 e. The Morgan fingerprint density at radius 2 is 2.00 bits per heavy atom. The average molecular weight is 201 g/mol. The Labute approximate surface area is 76.2 Å². The highest BCUT2D eigenvalue weighted by molar-refractivity contribution is 8.58. The van der Waals surface area contributed by atoms with Crippen molar-refractivity contribution in [1.82, 2.24) is 0 Å². The van der Waals surface area contributed by atoms with Crippen LogP contribution in [0.3, 0.4) is 0 Å². The predicted octanol–water partition coefficient (Wildman–Crippen LogP) is 1.62. The molecule has 2 nitrogen and oxygen atoms in total. The largest absolute Gasteiger partial charge is 0.788 e. The molecule has 1 rings (SSSR count). The first-order chi connectivity index (χ1) is 5.67. The fourth-order valence-corrected chi connectivity index (χ4v) is 3.71. The summed E-state index contributed by atoms with van der Waals surface area (Å²) in [5, 5.41) is 0.414. The standard InChI is InChI=1S/C8H11O2PS/c1-2-12-11(9,10)8-6-4-3-5-7-8/h3-7H,2H2,1H3,(H,9,10)/p-1. The van der Waals surface area contributed by atoms with Crippen LogP contribution in [0.25, 0.3) is 0 Å². The molecule has 0 aliphatic carbocycles. The second kappa shape index (κ2) is 4.13. The molecule has 0 aliphatic heterocycles. The molecule has 0 bridgehead atoms. The van der Waals surface area contributed by atoms with Gasteiger partial charge in [-0.2, -0.15) is 0 Å². The average Bonchev–Trinajstić information content (AvgIpc) is 2.06. The van der Waals surface area contributed by atoms with Gasteiger partial charge in [-0.15, -0.1) is 11.4 Å². The van der Waals surface area contributed by atoms with Crippen LogP contribution in [-0.2, 0) is 4.57 Å². The van der Waals surface area contributed by atoms with Gasteiger partial charge in [0.25, 0.3) is 0 Å². The summed E-state index contributed by atoms with van der Waals surface area (Å²) in [5.41, 5.74) is 0. The van der Waals surface area contributed by atoms with E-state index in [-0.39, 0.29) is 0 Å².